The third kappa shape index (κ3) is 16.8. The number of benzene rings is 4. The van der Waals surface area contributed by atoms with Crippen LogP contribution >= 0.6 is 30.9 Å². The molecule has 6 aromatic rings. The van der Waals surface area contributed by atoms with E-state index >= 15 is 0 Å². The zero-order valence-corrected chi connectivity index (χ0v) is 43.6. The van der Waals surface area contributed by atoms with Gasteiger partial charge in [-0.3, -0.25) is 9.69 Å². The Bertz CT molecular complexity index is 2550. The molecule has 1 fully saturated rings. The molecule has 1 saturated heterocycles. The van der Waals surface area contributed by atoms with E-state index in [1.165, 1.54) is 35.3 Å². The van der Waals surface area contributed by atoms with Crippen LogP contribution in [0, 0.1) is 13.8 Å². The van der Waals surface area contributed by atoms with Gasteiger partial charge in [0.05, 0.1) is 95.6 Å². The van der Waals surface area contributed by atoms with Crippen LogP contribution in [0.1, 0.15) is 37.0 Å². The number of nitrogens with zero attached hydrogens (tertiary/aromatic N) is 5. The molecule has 7 rings (SSSR count). The van der Waals surface area contributed by atoms with E-state index in [1.807, 2.05) is 74.5 Å². The Morgan fingerprint density at radius 1 is 0.722 bits per heavy atom. The highest BCUT2D eigenvalue weighted by atomic mass is 35.5. The van der Waals surface area contributed by atoms with Crippen molar-refractivity contribution in [2.75, 3.05) is 128 Å². The van der Waals surface area contributed by atoms with Crippen LogP contribution in [-0.2, 0) is 35.0 Å². The Morgan fingerprint density at radius 2 is 1.35 bits per heavy atom. The number of methoxy groups -OCH3 is 1. The summed E-state index contributed by atoms with van der Waals surface area (Å²) in [4.78, 5) is 44.7. The Balaban J connectivity index is 0.673. The predicted octanol–water partition coefficient (Wildman–Crippen LogP) is 6.74. The maximum absolute atomic E-state index is 13.0. The second kappa shape index (κ2) is 29.3. The van der Waals surface area contributed by atoms with E-state index in [4.69, 9.17) is 45.0 Å². The lowest BCUT2D eigenvalue weighted by Gasteiger charge is -2.35. The van der Waals surface area contributed by atoms with Crippen molar-refractivity contribution in [3.63, 3.8) is 0 Å². The molecule has 0 bridgehead atoms. The van der Waals surface area contributed by atoms with Crippen molar-refractivity contribution in [3.8, 4) is 0 Å². The molecule has 1 aliphatic rings. The predicted molar refractivity (Wildman–Crippen MR) is 287 cm³/mol. The first-order valence-corrected chi connectivity index (χ1v) is 26.6. The number of ether oxygens (including phenoxy) is 6. The van der Waals surface area contributed by atoms with Crippen LogP contribution in [0.4, 0.5) is 22.5 Å². The number of anilines is 4. The largest absolute Gasteiger partial charge is 0.465 e. The second-order valence-electron chi connectivity index (χ2n) is 16.6. The van der Waals surface area contributed by atoms with Gasteiger partial charge < -0.3 is 49.3 Å². The molecule has 0 saturated carbocycles. The van der Waals surface area contributed by atoms with Gasteiger partial charge in [-0.25, -0.2) is 19.7 Å². The van der Waals surface area contributed by atoms with Crippen LogP contribution in [-0.4, -0.2) is 144 Å². The van der Waals surface area contributed by atoms with Gasteiger partial charge in [-0.05, 0) is 60.9 Å². The molecule has 0 spiro atoms. The number of thiazole rings is 1. The molecule has 382 valence electrons. The molecule has 0 aliphatic carbocycles. The van der Waals surface area contributed by atoms with Crippen molar-refractivity contribution < 1.29 is 38.0 Å². The number of aryl methyl sites for hydroxylation is 2. The summed E-state index contributed by atoms with van der Waals surface area (Å²) in [6, 6.07) is 34.1. The lowest BCUT2D eigenvalue weighted by molar-refractivity contribution is -0.0121. The van der Waals surface area contributed by atoms with Crippen LogP contribution in [0.15, 0.2) is 109 Å². The number of hydrogen-bond donors (Lipinski definition) is 3. The zero-order valence-electron chi connectivity index (χ0n) is 41.1. The summed E-state index contributed by atoms with van der Waals surface area (Å²) < 4.78 is 33.8. The molecular weight excluding hydrogens is 975 g/mol. The van der Waals surface area contributed by atoms with Gasteiger partial charge in [0.15, 0.2) is 5.13 Å². The lowest BCUT2D eigenvalue weighted by Crippen LogP contribution is -2.47. The lowest BCUT2D eigenvalue weighted by atomic mass is 10.1. The van der Waals surface area contributed by atoms with Crippen LogP contribution < -0.4 is 36.8 Å². The van der Waals surface area contributed by atoms with E-state index in [0.29, 0.717) is 117 Å². The second-order valence-corrected chi connectivity index (χ2v) is 20.2. The number of piperazine rings is 1. The fourth-order valence-corrected chi connectivity index (χ4v) is 11.2. The molecule has 1 amide bonds. The third-order valence-electron chi connectivity index (χ3n) is 11.5. The summed E-state index contributed by atoms with van der Waals surface area (Å²) in [6.45, 7) is 14.4. The van der Waals surface area contributed by atoms with Crippen LogP contribution in [0.2, 0.25) is 5.02 Å². The van der Waals surface area contributed by atoms with Gasteiger partial charge in [0.2, 0.25) is 0 Å². The number of para-hydroxylation sites is 1. The first kappa shape index (κ1) is 54.3. The van der Waals surface area contributed by atoms with Crippen molar-refractivity contribution >= 4 is 81.1 Å². The monoisotopic (exact) mass is 1040 g/mol. The van der Waals surface area contributed by atoms with Crippen molar-refractivity contribution in [2.45, 2.75) is 20.4 Å². The molecule has 3 N–H and O–H groups in total. The first-order valence-electron chi connectivity index (χ1n) is 24.1. The molecule has 1 aliphatic heterocycles. The molecule has 0 unspecified atom stereocenters. The van der Waals surface area contributed by atoms with E-state index in [0.717, 1.165) is 55.0 Å². The molecule has 3 heterocycles. The Hall–Kier alpha value is -5.43. The van der Waals surface area contributed by atoms with E-state index < -0.39 is 7.92 Å². The van der Waals surface area contributed by atoms with Gasteiger partial charge in [0, 0.05) is 51.9 Å². The maximum atomic E-state index is 13.0. The molecule has 4 aromatic carbocycles. The topological polar surface area (TPSA) is 171 Å². The standard InChI is InChI=1S/C53H64ClN8O8PS/c1-39-11-10-16-45(54)50(39)60-51(63)47-38-56-53(72-47)59-48-36-49(58-40(2)57-48)62-22-20-61(21-23-62)24-26-67-28-30-69-32-34-70-33-31-68-29-27-66-25-19-55-37-41-17-18-46(44(35-41)52(64)65-3)71(42-12-6-4-7-13-42)43-14-8-5-9-15-43/h4-18,35-36,38,55H,19-34,37H2,1-3H3,(H,60,63)(H,56,57,58,59). The Morgan fingerprint density at radius 3 is 1.97 bits per heavy atom. The van der Waals surface area contributed by atoms with Crippen molar-refractivity contribution in [2.24, 2.45) is 0 Å². The fraction of sp³-hybridized carbons (Fsp3) is 0.377. The van der Waals surface area contributed by atoms with Crippen molar-refractivity contribution in [1.29, 1.82) is 0 Å². The summed E-state index contributed by atoms with van der Waals surface area (Å²) in [5.74, 6) is 1.48. The average molecular weight is 1040 g/mol. The number of amides is 1. The fourth-order valence-electron chi connectivity index (χ4n) is 7.79. The van der Waals surface area contributed by atoms with Gasteiger partial charge >= 0.3 is 5.97 Å². The van der Waals surface area contributed by atoms with Gasteiger partial charge in [0.25, 0.3) is 5.91 Å². The van der Waals surface area contributed by atoms with Crippen LogP contribution in [0.3, 0.4) is 0 Å². The van der Waals surface area contributed by atoms with Crippen LogP contribution in [0.5, 0.6) is 0 Å². The molecule has 0 radical (unpaired) electrons. The van der Waals surface area contributed by atoms with E-state index in [2.05, 4.69) is 72.1 Å². The van der Waals surface area contributed by atoms with E-state index in [1.54, 1.807) is 6.07 Å². The number of carbonyl (C=O) groups excluding carboxylic acids is 2. The highest BCUT2D eigenvalue weighted by Crippen LogP contribution is 2.35. The molecule has 19 heteroatoms. The molecule has 0 atom stereocenters. The summed E-state index contributed by atoms with van der Waals surface area (Å²) in [5.41, 5.74) is 3.05. The number of aromatic nitrogens is 3. The highest BCUT2D eigenvalue weighted by molar-refractivity contribution is 7.80. The first-order chi connectivity index (χ1) is 35.2. The maximum Gasteiger partial charge on any atom is 0.338 e. The SMILES string of the molecule is COC(=O)c1cc(CNCCOCCOCCOCCOCCOCCN2CCN(c3cc(Nc4ncc(C(=O)Nc5c(C)cccc5Cl)s4)nc(C)n3)CC2)ccc1P(c1ccccc1)c1ccccc1. The molecule has 2 aromatic heterocycles. The quantitative estimate of drug-likeness (QED) is 0.0256. The number of esters is 1. The summed E-state index contributed by atoms with van der Waals surface area (Å²) >= 11 is 7.54. The molecule has 16 nitrogen and oxygen atoms in total. The van der Waals surface area contributed by atoms with Crippen molar-refractivity contribution in [3.05, 3.63) is 142 Å². The summed E-state index contributed by atoms with van der Waals surface area (Å²) in [5, 5.41) is 13.9. The summed E-state index contributed by atoms with van der Waals surface area (Å²) in [6.07, 6.45) is 1.54. The molecular formula is C53H64ClN8O8PS. The third-order valence-corrected chi connectivity index (χ3v) is 15.2. The Kier molecular flexibility index (Phi) is 22.1. The smallest absolute Gasteiger partial charge is 0.338 e. The number of hydrogen-bond acceptors (Lipinski definition) is 16. The number of rotatable bonds is 29. The zero-order chi connectivity index (χ0) is 50.3. The normalized spacial score (nSPS) is 12.9. The highest BCUT2D eigenvalue weighted by Gasteiger charge is 2.24. The minimum absolute atomic E-state index is 0.277. The van der Waals surface area contributed by atoms with Crippen molar-refractivity contribution in [1.82, 2.24) is 25.2 Å². The number of halogens is 1. The van der Waals surface area contributed by atoms with Crippen LogP contribution in [0.25, 0.3) is 0 Å². The Labute approximate surface area is 432 Å². The average Bonchev–Trinajstić information content (AvgIpc) is 3.87. The molecule has 72 heavy (non-hydrogen) atoms. The van der Waals surface area contributed by atoms with Gasteiger partial charge in [-0.2, -0.15) is 0 Å². The minimum atomic E-state index is -0.952. The van der Waals surface area contributed by atoms with Gasteiger partial charge in [0.1, 0.15) is 22.3 Å². The van der Waals surface area contributed by atoms with Gasteiger partial charge in [-0.1, -0.05) is 108 Å². The van der Waals surface area contributed by atoms with E-state index in [-0.39, 0.29) is 11.9 Å². The number of nitrogens with one attached hydrogen (secondary N) is 3. The van der Waals surface area contributed by atoms with E-state index in [9.17, 15) is 9.59 Å². The minimum Gasteiger partial charge on any atom is -0.465 e. The van der Waals surface area contributed by atoms with Gasteiger partial charge in [-0.15, -0.1) is 0 Å². The number of carbonyl (C=O) groups is 2. The summed E-state index contributed by atoms with van der Waals surface area (Å²) in [7, 11) is 0.477.